The molecule has 3 aromatic carbocycles. The number of thioether (sulfide) groups is 1. The van der Waals surface area contributed by atoms with Crippen molar-refractivity contribution >= 4 is 29.3 Å². The van der Waals surface area contributed by atoms with Crippen molar-refractivity contribution in [2.75, 3.05) is 35.0 Å². The highest BCUT2D eigenvalue weighted by molar-refractivity contribution is 7.99. The molecule has 45 heavy (non-hydrogen) atoms. The van der Waals surface area contributed by atoms with Crippen LogP contribution in [0.2, 0.25) is 5.02 Å². The molecule has 1 N–H and O–H groups in total. The summed E-state index contributed by atoms with van der Waals surface area (Å²) in [6.45, 7) is 4.15. The van der Waals surface area contributed by atoms with Gasteiger partial charge in [0.1, 0.15) is 5.44 Å². The quantitative estimate of drug-likeness (QED) is 0.0805. The van der Waals surface area contributed by atoms with E-state index >= 15 is 0 Å². The molecule has 0 bridgehead atoms. The Morgan fingerprint density at radius 1 is 1.00 bits per heavy atom. The first kappa shape index (κ1) is 34.3. The van der Waals surface area contributed by atoms with E-state index in [2.05, 4.69) is 6.07 Å². The van der Waals surface area contributed by atoms with Crippen molar-refractivity contribution in [2.24, 2.45) is 0 Å². The van der Waals surface area contributed by atoms with Gasteiger partial charge in [-0.25, -0.2) is 0 Å². The van der Waals surface area contributed by atoms with Crippen LogP contribution in [0.15, 0.2) is 65.7 Å². The Morgan fingerprint density at radius 3 is 2.22 bits per heavy atom. The van der Waals surface area contributed by atoms with E-state index in [0.717, 1.165) is 28.0 Å². The van der Waals surface area contributed by atoms with E-state index < -0.39 is 5.91 Å². The summed E-state index contributed by atoms with van der Waals surface area (Å²) < 4.78 is 35.2. The number of rotatable bonds is 14. The highest BCUT2D eigenvalue weighted by Crippen LogP contribution is 2.46. The van der Waals surface area contributed by atoms with Crippen LogP contribution in [0.5, 0.6) is 28.7 Å². The molecule has 0 spiro atoms. The van der Waals surface area contributed by atoms with Gasteiger partial charge in [-0.05, 0) is 73.4 Å². The van der Waals surface area contributed by atoms with Crippen LogP contribution in [-0.4, -0.2) is 56.7 Å². The first-order valence-electron chi connectivity index (χ1n) is 14.6. The molecule has 0 saturated carbocycles. The lowest BCUT2D eigenvalue weighted by Crippen LogP contribution is -2.20. The van der Waals surface area contributed by atoms with Gasteiger partial charge in [-0.15, -0.1) is 0 Å². The summed E-state index contributed by atoms with van der Waals surface area (Å²) in [7, 11) is 6.37. The Kier molecular flexibility index (Phi) is 12.3. The Hall–Kier alpha value is -3.57. The number of hydrogen-bond acceptors (Lipinski definition) is 9. The zero-order valence-electron chi connectivity index (χ0n) is 26.4. The van der Waals surface area contributed by atoms with Gasteiger partial charge < -0.3 is 28.4 Å². The third-order valence-electron chi connectivity index (χ3n) is 7.44. The predicted octanol–water partition coefficient (Wildman–Crippen LogP) is 7.82. The number of allylic oxidation sites excluding steroid dienone is 1. The molecule has 0 radical (unpaired) electrons. The van der Waals surface area contributed by atoms with Crippen LogP contribution in [0.1, 0.15) is 55.4 Å². The maximum atomic E-state index is 11.9. The van der Waals surface area contributed by atoms with Crippen molar-refractivity contribution < 1.29 is 38.4 Å². The van der Waals surface area contributed by atoms with Crippen LogP contribution in [0.3, 0.4) is 0 Å². The Bertz CT molecular complexity index is 1460. The molecule has 1 fully saturated rings. The third kappa shape index (κ3) is 8.58. The van der Waals surface area contributed by atoms with Gasteiger partial charge in [0.05, 0.1) is 41.2 Å². The molecule has 1 heterocycles. The summed E-state index contributed by atoms with van der Waals surface area (Å²) in [6, 6.07) is 15.5. The molecular weight excluding hydrogens is 618 g/mol. The maximum absolute atomic E-state index is 11.9. The fraction of sp³-hybridized carbons (Fsp3) is 0.382. The summed E-state index contributed by atoms with van der Waals surface area (Å²) in [4.78, 5) is 12.9. The number of amides is 1. The molecule has 242 valence electrons. The second-order valence-corrected chi connectivity index (χ2v) is 12.2. The normalized spacial score (nSPS) is 16.8. The van der Waals surface area contributed by atoms with Crippen molar-refractivity contribution in [1.29, 1.82) is 0 Å². The number of nitrogens with zero attached hydrogens (tertiary/aromatic N) is 1. The van der Waals surface area contributed by atoms with Crippen LogP contribution in [-0.2, 0) is 16.0 Å². The Labute approximate surface area is 273 Å². The van der Waals surface area contributed by atoms with Gasteiger partial charge in [0, 0.05) is 34.0 Å². The molecule has 3 aromatic rings. The van der Waals surface area contributed by atoms with E-state index in [4.69, 9.17) is 40.0 Å². The maximum Gasteiger partial charge on any atom is 0.249 e. The number of hydrogen-bond donors (Lipinski definition) is 1. The fourth-order valence-electron chi connectivity index (χ4n) is 5.15. The number of hydroxylamine groups is 2. The lowest BCUT2D eigenvalue weighted by molar-refractivity contribution is -0.153. The Balaban J connectivity index is 1.63. The van der Waals surface area contributed by atoms with E-state index in [1.165, 1.54) is 6.20 Å². The minimum atomic E-state index is -0.400. The third-order valence-corrected chi connectivity index (χ3v) is 8.67. The fourth-order valence-corrected chi connectivity index (χ4v) is 6.10. The average Bonchev–Trinajstić information content (AvgIpc) is 3.55. The number of methoxy groups -OCH3 is 4. The van der Waals surface area contributed by atoms with Gasteiger partial charge in [0.15, 0.2) is 23.0 Å². The number of benzene rings is 3. The van der Waals surface area contributed by atoms with E-state index in [1.807, 2.05) is 49.4 Å². The SMILES string of the molecule is CCC(=O)N(O)/C=C/Cc1cc(C2COC(c3cc(OC)c(OC)c(OC)c3)C2)cc(OC)c1OC(C)Sc1ccc(Cl)cc1. The lowest BCUT2D eigenvalue weighted by atomic mass is 9.91. The summed E-state index contributed by atoms with van der Waals surface area (Å²) in [5, 5.41) is 11.3. The van der Waals surface area contributed by atoms with Crippen molar-refractivity contribution in [3.8, 4) is 28.7 Å². The topological polar surface area (TPSA) is 95.9 Å². The van der Waals surface area contributed by atoms with Crippen LogP contribution in [0.4, 0.5) is 0 Å². The van der Waals surface area contributed by atoms with Crippen molar-refractivity contribution in [3.63, 3.8) is 0 Å². The second kappa shape index (κ2) is 16.1. The predicted molar refractivity (Wildman–Crippen MR) is 174 cm³/mol. The van der Waals surface area contributed by atoms with E-state index in [1.54, 1.807) is 53.2 Å². The van der Waals surface area contributed by atoms with E-state index in [-0.39, 0.29) is 23.9 Å². The highest BCUT2D eigenvalue weighted by atomic mass is 35.5. The van der Waals surface area contributed by atoms with Gasteiger partial charge in [0.2, 0.25) is 11.7 Å². The van der Waals surface area contributed by atoms with Crippen LogP contribution in [0, 0.1) is 0 Å². The molecule has 1 aliphatic heterocycles. The van der Waals surface area contributed by atoms with E-state index in [0.29, 0.717) is 51.9 Å². The minimum Gasteiger partial charge on any atom is -0.493 e. The number of carbonyl (C=O) groups is 1. The number of carbonyl (C=O) groups excluding carboxylic acids is 1. The first-order valence-corrected chi connectivity index (χ1v) is 15.9. The van der Waals surface area contributed by atoms with Gasteiger partial charge in [0.25, 0.3) is 0 Å². The summed E-state index contributed by atoms with van der Waals surface area (Å²) >= 11 is 7.61. The molecule has 11 heteroatoms. The smallest absolute Gasteiger partial charge is 0.249 e. The molecule has 0 aliphatic carbocycles. The molecule has 1 saturated heterocycles. The zero-order valence-corrected chi connectivity index (χ0v) is 27.9. The molecule has 1 amide bonds. The van der Waals surface area contributed by atoms with Gasteiger partial charge >= 0.3 is 0 Å². The molecule has 3 atom stereocenters. The van der Waals surface area contributed by atoms with Crippen LogP contribution < -0.4 is 23.7 Å². The van der Waals surface area contributed by atoms with Crippen LogP contribution in [0.25, 0.3) is 0 Å². The van der Waals surface area contributed by atoms with Crippen molar-refractivity contribution in [2.45, 2.75) is 55.5 Å². The molecule has 0 aromatic heterocycles. The average molecular weight is 658 g/mol. The number of ether oxygens (including phenoxy) is 6. The van der Waals surface area contributed by atoms with Crippen molar-refractivity contribution in [1.82, 2.24) is 5.06 Å². The van der Waals surface area contributed by atoms with Gasteiger partial charge in [-0.1, -0.05) is 42.4 Å². The first-order chi connectivity index (χ1) is 21.7. The second-order valence-electron chi connectivity index (χ2n) is 10.4. The zero-order chi connectivity index (χ0) is 32.5. The monoisotopic (exact) mass is 657 g/mol. The molecule has 9 nitrogen and oxygen atoms in total. The molecular formula is C34H40ClNO8S. The molecule has 3 unspecified atom stereocenters. The van der Waals surface area contributed by atoms with Crippen LogP contribution >= 0.6 is 23.4 Å². The molecule has 4 rings (SSSR count). The molecule has 1 aliphatic rings. The van der Waals surface area contributed by atoms with Crippen molar-refractivity contribution in [3.05, 3.63) is 82.5 Å². The van der Waals surface area contributed by atoms with E-state index in [9.17, 15) is 10.0 Å². The highest BCUT2D eigenvalue weighted by Gasteiger charge is 2.31. The summed E-state index contributed by atoms with van der Waals surface area (Å²) in [5.74, 6) is 2.51. The largest absolute Gasteiger partial charge is 0.493 e. The Morgan fingerprint density at radius 2 is 1.62 bits per heavy atom. The lowest BCUT2D eigenvalue weighted by Gasteiger charge is -2.22. The number of halogens is 1. The standard InChI is InChI=1S/C34H40ClNO8S/c1-7-32(37)36(38)14-8-9-22-15-23(16-29(39-3)33(22)44-21(2)45-27-12-10-26(35)11-13-27)25-19-28(43-20-25)24-17-30(40-4)34(42-6)31(18-24)41-5/h8,10-18,21,25,28,38H,7,9,19-20H2,1-6H3/b14-8+. The van der Waals surface area contributed by atoms with Gasteiger partial charge in [-0.2, -0.15) is 5.06 Å². The summed E-state index contributed by atoms with van der Waals surface area (Å²) in [5.41, 5.74) is 2.54. The van der Waals surface area contributed by atoms with Gasteiger partial charge in [-0.3, -0.25) is 10.0 Å². The summed E-state index contributed by atoms with van der Waals surface area (Å²) in [6.07, 6.45) is 4.19. The minimum absolute atomic E-state index is 0.0663.